The van der Waals surface area contributed by atoms with Gasteiger partial charge in [0, 0.05) is 17.8 Å². The fourth-order valence-corrected chi connectivity index (χ4v) is 2.77. The minimum Gasteiger partial charge on any atom is -0.363 e. The first-order valence-corrected chi connectivity index (χ1v) is 8.48. The Labute approximate surface area is 128 Å². The van der Waals surface area contributed by atoms with Gasteiger partial charge in [-0.15, -0.1) is 0 Å². The average Bonchev–Trinajstić information content (AvgIpc) is 2.47. The number of ether oxygens (including phenoxy) is 1. The van der Waals surface area contributed by atoms with Crippen molar-refractivity contribution in [3.05, 3.63) is 29.6 Å². The van der Waals surface area contributed by atoms with Gasteiger partial charge < -0.3 is 9.64 Å². The van der Waals surface area contributed by atoms with Crippen LogP contribution in [0.25, 0.3) is 0 Å². The van der Waals surface area contributed by atoms with Crippen molar-refractivity contribution in [2.75, 3.05) is 30.3 Å². The minimum absolute atomic E-state index is 0.144. The molecule has 1 heterocycles. The van der Waals surface area contributed by atoms with Crippen LogP contribution in [0.5, 0.6) is 0 Å². The Kier molecular flexibility index (Phi) is 5.15. The van der Waals surface area contributed by atoms with E-state index in [1.165, 1.54) is 32.0 Å². The van der Waals surface area contributed by atoms with Gasteiger partial charge in [0.05, 0.1) is 18.9 Å². The SMILES string of the molecule is CCS(=O)(=O)O[C@@H]1CN(c2ccc(F)cc2C(C)=O)CCO1. The number of hydrogen-bond acceptors (Lipinski definition) is 6. The van der Waals surface area contributed by atoms with Crippen molar-refractivity contribution in [3.8, 4) is 0 Å². The van der Waals surface area contributed by atoms with Crippen molar-refractivity contribution in [1.29, 1.82) is 0 Å². The van der Waals surface area contributed by atoms with Crippen LogP contribution in [0.3, 0.4) is 0 Å². The van der Waals surface area contributed by atoms with Gasteiger partial charge >= 0.3 is 0 Å². The van der Waals surface area contributed by atoms with E-state index in [1.807, 2.05) is 0 Å². The quantitative estimate of drug-likeness (QED) is 0.602. The fourth-order valence-electron chi connectivity index (χ4n) is 2.19. The van der Waals surface area contributed by atoms with Crippen LogP contribution in [-0.4, -0.2) is 45.9 Å². The smallest absolute Gasteiger partial charge is 0.269 e. The molecule has 6 nitrogen and oxygen atoms in total. The molecule has 122 valence electrons. The third kappa shape index (κ3) is 4.02. The molecule has 1 aromatic carbocycles. The number of hydrogen-bond donors (Lipinski definition) is 0. The number of anilines is 1. The zero-order chi connectivity index (χ0) is 16.3. The highest BCUT2D eigenvalue weighted by molar-refractivity contribution is 7.86. The molecule has 0 radical (unpaired) electrons. The van der Waals surface area contributed by atoms with Crippen LogP contribution in [-0.2, 0) is 19.0 Å². The largest absolute Gasteiger partial charge is 0.363 e. The lowest BCUT2D eigenvalue weighted by Crippen LogP contribution is -2.45. The summed E-state index contributed by atoms with van der Waals surface area (Å²) in [5.74, 6) is -0.912. The van der Waals surface area contributed by atoms with E-state index < -0.39 is 22.2 Å². The highest BCUT2D eigenvalue weighted by atomic mass is 32.2. The Bertz CT molecular complexity index is 661. The summed E-state index contributed by atoms with van der Waals surface area (Å²) >= 11 is 0. The van der Waals surface area contributed by atoms with E-state index in [9.17, 15) is 17.6 Å². The molecule has 1 atom stereocenters. The predicted molar refractivity (Wildman–Crippen MR) is 78.9 cm³/mol. The highest BCUT2D eigenvalue weighted by Crippen LogP contribution is 2.25. The number of halogens is 1. The van der Waals surface area contributed by atoms with Crippen LogP contribution >= 0.6 is 0 Å². The molecule has 8 heteroatoms. The molecule has 0 saturated carbocycles. The summed E-state index contributed by atoms with van der Waals surface area (Å²) in [6, 6.07) is 3.93. The summed E-state index contributed by atoms with van der Waals surface area (Å²) in [5, 5.41) is 0. The molecule has 2 rings (SSSR count). The Hall–Kier alpha value is -1.51. The molecule has 0 unspecified atom stereocenters. The Morgan fingerprint density at radius 1 is 1.50 bits per heavy atom. The standard InChI is InChI=1S/C14H18FNO5S/c1-3-22(18,19)21-14-9-16(6-7-20-14)13-5-4-11(15)8-12(13)10(2)17/h4-5,8,14H,3,6-7,9H2,1-2H3/t14-/m1/s1. The molecule has 0 N–H and O–H groups in total. The van der Waals surface area contributed by atoms with E-state index in [0.29, 0.717) is 12.2 Å². The molecule has 1 aliphatic heterocycles. The van der Waals surface area contributed by atoms with E-state index >= 15 is 0 Å². The van der Waals surface area contributed by atoms with Gasteiger partial charge in [-0.1, -0.05) is 0 Å². The van der Waals surface area contributed by atoms with Crippen LogP contribution in [0.1, 0.15) is 24.2 Å². The van der Waals surface area contributed by atoms with Crippen LogP contribution in [0.15, 0.2) is 18.2 Å². The van der Waals surface area contributed by atoms with E-state index in [4.69, 9.17) is 8.92 Å². The molecule has 0 amide bonds. The fraction of sp³-hybridized carbons (Fsp3) is 0.500. The molecule has 1 aliphatic rings. The monoisotopic (exact) mass is 331 g/mol. The molecule has 1 fully saturated rings. The molecule has 0 bridgehead atoms. The molecular formula is C14H18FNO5S. The van der Waals surface area contributed by atoms with Gasteiger partial charge in [0.15, 0.2) is 12.1 Å². The lowest BCUT2D eigenvalue weighted by atomic mass is 10.1. The molecule has 0 aromatic heterocycles. The third-order valence-corrected chi connectivity index (χ3v) is 4.54. The number of rotatable bonds is 5. The number of Topliss-reactive ketones (excluding diaryl/α,β-unsaturated/α-hetero) is 1. The minimum atomic E-state index is -3.64. The zero-order valence-corrected chi connectivity index (χ0v) is 13.2. The Morgan fingerprint density at radius 2 is 2.23 bits per heavy atom. The van der Waals surface area contributed by atoms with Gasteiger partial charge in [-0.2, -0.15) is 8.42 Å². The zero-order valence-electron chi connectivity index (χ0n) is 12.4. The van der Waals surface area contributed by atoms with E-state index in [0.717, 1.165) is 0 Å². The van der Waals surface area contributed by atoms with Crippen LogP contribution < -0.4 is 4.90 Å². The van der Waals surface area contributed by atoms with Crippen molar-refractivity contribution >= 4 is 21.6 Å². The first-order chi connectivity index (χ1) is 10.3. The van der Waals surface area contributed by atoms with Gasteiger partial charge in [0.2, 0.25) is 0 Å². The highest BCUT2D eigenvalue weighted by Gasteiger charge is 2.27. The Balaban J connectivity index is 2.21. The van der Waals surface area contributed by atoms with Gasteiger partial charge in [0.25, 0.3) is 10.1 Å². The lowest BCUT2D eigenvalue weighted by molar-refractivity contribution is -0.0825. The number of benzene rings is 1. The average molecular weight is 331 g/mol. The molecule has 0 spiro atoms. The molecule has 1 aromatic rings. The lowest BCUT2D eigenvalue weighted by Gasteiger charge is -2.34. The van der Waals surface area contributed by atoms with Crippen LogP contribution in [0.4, 0.5) is 10.1 Å². The summed E-state index contributed by atoms with van der Waals surface area (Å²) in [6.07, 6.45) is -0.941. The van der Waals surface area contributed by atoms with Gasteiger partial charge in [-0.3, -0.25) is 4.79 Å². The van der Waals surface area contributed by atoms with Crippen molar-refractivity contribution in [3.63, 3.8) is 0 Å². The van der Waals surface area contributed by atoms with E-state index in [1.54, 1.807) is 4.90 Å². The second-order valence-electron chi connectivity index (χ2n) is 4.91. The summed E-state index contributed by atoms with van der Waals surface area (Å²) < 4.78 is 46.6. The predicted octanol–water partition coefficient (Wildman–Crippen LogP) is 1.56. The van der Waals surface area contributed by atoms with Crippen molar-refractivity contribution in [1.82, 2.24) is 0 Å². The second kappa shape index (κ2) is 6.72. The Morgan fingerprint density at radius 3 is 2.86 bits per heavy atom. The first-order valence-electron chi connectivity index (χ1n) is 6.90. The van der Waals surface area contributed by atoms with Crippen molar-refractivity contribution in [2.45, 2.75) is 20.1 Å². The van der Waals surface area contributed by atoms with Gasteiger partial charge in [-0.25, -0.2) is 8.57 Å². The number of nitrogens with zero attached hydrogens (tertiary/aromatic N) is 1. The van der Waals surface area contributed by atoms with Gasteiger partial charge in [0.1, 0.15) is 5.82 Å². The van der Waals surface area contributed by atoms with Gasteiger partial charge in [-0.05, 0) is 32.0 Å². The van der Waals surface area contributed by atoms with E-state index in [-0.39, 0.29) is 30.3 Å². The summed E-state index contributed by atoms with van der Waals surface area (Å²) in [6.45, 7) is 3.68. The second-order valence-corrected chi connectivity index (χ2v) is 6.79. The summed E-state index contributed by atoms with van der Waals surface area (Å²) in [5.41, 5.74) is 0.790. The first kappa shape index (κ1) is 16.9. The molecular weight excluding hydrogens is 313 g/mol. The van der Waals surface area contributed by atoms with Crippen LogP contribution in [0, 0.1) is 5.82 Å². The number of carbonyl (C=O) groups is 1. The maximum absolute atomic E-state index is 13.3. The maximum atomic E-state index is 13.3. The molecule has 22 heavy (non-hydrogen) atoms. The van der Waals surface area contributed by atoms with E-state index in [2.05, 4.69) is 0 Å². The topological polar surface area (TPSA) is 72.9 Å². The number of morpholine rings is 1. The molecule has 0 aliphatic carbocycles. The number of ketones is 1. The summed E-state index contributed by atoms with van der Waals surface area (Å²) in [4.78, 5) is 13.4. The number of carbonyl (C=O) groups excluding carboxylic acids is 1. The normalized spacial score (nSPS) is 19.2. The maximum Gasteiger partial charge on any atom is 0.269 e. The van der Waals surface area contributed by atoms with Crippen molar-refractivity contribution in [2.24, 2.45) is 0 Å². The van der Waals surface area contributed by atoms with Crippen molar-refractivity contribution < 1.29 is 26.5 Å². The van der Waals surface area contributed by atoms with Crippen LogP contribution in [0.2, 0.25) is 0 Å². The molecule has 1 saturated heterocycles. The third-order valence-electron chi connectivity index (χ3n) is 3.32. The summed E-state index contributed by atoms with van der Waals surface area (Å²) in [7, 11) is -3.64.